The molecule has 1 atom stereocenters. The molecule has 2 aliphatic rings. The van der Waals surface area contributed by atoms with Gasteiger partial charge in [0.05, 0.1) is 32.2 Å². The molecule has 0 bridgehead atoms. The Morgan fingerprint density at radius 1 is 1.00 bits per heavy atom. The Bertz CT molecular complexity index is 874. The molecule has 0 spiro atoms. The van der Waals surface area contributed by atoms with Crippen molar-refractivity contribution in [2.45, 2.75) is 19.0 Å². The van der Waals surface area contributed by atoms with Gasteiger partial charge < -0.3 is 15.0 Å². The molecule has 0 radical (unpaired) electrons. The molecule has 29 heavy (non-hydrogen) atoms. The number of amides is 4. The van der Waals surface area contributed by atoms with Gasteiger partial charge >= 0.3 is 6.03 Å². The van der Waals surface area contributed by atoms with Crippen LogP contribution in [0.3, 0.4) is 0 Å². The molecule has 2 aliphatic heterocycles. The first-order valence-corrected chi connectivity index (χ1v) is 9.73. The van der Waals surface area contributed by atoms with Gasteiger partial charge in [-0.25, -0.2) is 4.79 Å². The van der Waals surface area contributed by atoms with E-state index in [1.165, 1.54) is 4.90 Å². The van der Waals surface area contributed by atoms with Crippen molar-refractivity contribution in [3.63, 3.8) is 0 Å². The van der Waals surface area contributed by atoms with Gasteiger partial charge in [-0.05, 0) is 23.3 Å². The number of rotatable bonds is 4. The number of imide groups is 1. The lowest BCUT2D eigenvalue weighted by molar-refractivity contribution is -0.130. The maximum Gasteiger partial charge on any atom is 0.324 e. The van der Waals surface area contributed by atoms with Crippen LogP contribution in [0.2, 0.25) is 0 Å². The quantitative estimate of drug-likeness (QED) is 0.865. The van der Waals surface area contributed by atoms with Gasteiger partial charge in [-0.1, -0.05) is 42.5 Å². The van der Waals surface area contributed by atoms with Gasteiger partial charge in [-0.15, -0.1) is 0 Å². The average molecular weight is 393 g/mol. The number of carbonyl (C=O) groups is 3. The third kappa shape index (κ3) is 4.30. The number of benzene rings is 2. The highest BCUT2D eigenvalue weighted by atomic mass is 16.5. The first kappa shape index (κ1) is 19.1. The van der Waals surface area contributed by atoms with Gasteiger partial charge in [-0.3, -0.25) is 14.5 Å². The van der Waals surface area contributed by atoms with E-state index in [-0.39, 0.29) is 30.8 Å². The summed E-state index contributed by atoms with van der Waals surface area (Å²) in [5.74, 6) is -0.242. The van der Waals surface area contributed by atoms with Crippen molar-refractivity contribution in [3.05, 3.63) is 71.3 Å². The first-order chi connectivity index (χ1) is 14.1. The summed E-state index contributed by atoms with van der Waals surface area (Å²) < 4.78 is 5.28. The predicted molar refractivity (Wildman–Crippen MR) is 106 cm³/mol. The van der Waals surface area contributed by atoms with Gasteiger partial charge in [-0.2, -0.15) is 0 Å². The van der Waals surface area contributed by atoms with Gasteiger partial charge in [0.25, 0.3) is 5.91 Å². The minimum absolute atomic E-state index is 0.0302. The van der Waals surface area contributed by atoms with E-state index in [1.807, 2.05) is 30.3 Å². The Balaban J connectivity index is 1.39. The lowest BCUT2D eigenvalue weighted by atomic mass is 10.0. The summed E-state index contributed by atoms with van der Waals surface area (Å²) in [4.78, 5) is 40.6. The van der Waals surface area contributed by atoms with Gasteiger partial charge in [0.1, 0.15) is 0 Å². The first-order valence-electron chi connectivity index (χ1n) is 9.73. The highest BCUT2D eigenvalue weighted by Crippen LogP contribution is 2.23. The molecule has 7 nitrogen and oxygen atoms in total. The molecular weight excluding hydrogens is 370 g/mol. The Morgan fingerprint density at radius 2 is 1.69 bits per heavy atom. The second kappa shape index (κ2) is 8.45. The largest absolute Gasteiger partial charge is 0.378 e. The van der Waals surface area contributed by atoms with E-state index < -0.39 is 6.03 Å². The predicted octanol–water partition coefficient (Wildman–Crippen LogP) is 2.34. The molecule has 0 unspecified atom stereocenters. The summed E-state index contributed by atoms with van der Waals surface area (Å²) in [7, 11) is 0. The van der Waals surface area contributed by atoms with Crippen LogP contribution < -0.4 is 5.32 Å². The van der Waals surface area contributed by atoms with Crippen LogP contribution in [0.25, 0.3) is 0 Å². The Morgan fingerprint density at radius 3 is 2.34 bits per heavy atom. The molecule has 2 saturated heterocycles. The molecule has 2 aromatic carbocycles. The molecule has 2 fully saturated rings. The Kier molecular flexibility index (Phi) is 5.57. The molecule has 2 aromatic rings. The number of nitrogens with zero attached hydrogens (tertiary/aromatic N) is 2. The molecule has 0 aliphatic carbocycles. The summed E-state index contributed by atoms with van der Waals surface area (Å²) in [6.07, 6.45) is 0.226. The third-order valence-corrected chi connectivity index (χ3v) is 5.26. The number of hydrogen-bond acceptors (Lipinski definition) is 4. The summed E-state index contributed by atoms with van der Waals surface area (Å²) in [6, 6.07) is 15.8. The molecule has 0 aromatic heterocycles. The smallest absolute Gasteiger partial charge is 0.324 e. The fraction of sp³-hybridized carbons (Fsp3) is 0.318. The third-order valence-electron chi connectivity index (χ3n) is 5.26. The number of ether oxygens (including phenoxy) is 1. The second-order valence-electron chi connectivity index (χ2n) is 7.20. The zero-order valence-corrected chi connectivity index (χ0v) is 16.0. The number of morpholine rings is 1. The fourth-order valence-corrected chi connectivity index (χ4v) is 3.61. The van der Waals surface area contributed by atoms with Crippen molar-refractivity contribution in [2.75, 3.05) is 26.3 Å². The van der Waals surface area contributed by atoms with E-state index in [0.717, 1.165) is 11.1 Å². The zero-order valence-electron chi connectivity index (χ0n) is 16.0. The monoisotopic (exact) mass is 393 g/mol. The number of hydrogen-bond donors (Lipinski definition) is 1. The Hall–Kier alpha value is -3.19. The van der Waals surface area contributed by atoms with Gasteiger partial charge in [0, 0.05) is 18.7 Å². The second-order valence-corrected chi connectivity index (χ2v) is 7.20. The van der Waals surface area contributed by atoms with Crippen LogP contribution in [-0.2, 0) is 16.1 Å². The SMILES string of the molecule is O=C(c1ccc(CN2C(=O)C[C@H](c3ccccc3)NC2=O)cc1)N1CCOCC1. The van der Waals surface area contributed by atoms with Crippen LogP contribution in [0.5, 0.6) is 0 Å². The molecule has 4 amide bonds. The van der Waals surface area contributed by atoms with Crippen LogP contribution in [0.4, 0.5) is 4.79 Å². The topological polar surface area (TPSA) is 79.0 Å². The van der Waals surface area contributed by atoms with Crippen LogP contribution in [0, 0.1) is 0 Å². The lowest BCUT2D eigenvalue weighted by Crippen LogP contribution is -2.50. The van der Waals surface area contributed by atoms with Crippen molar-refractivity contribution >= 4 is 17.8 Å². The van der Waals surface area contributed by atoms with E-state index in [2.05, 4.69) is 5.32 Å². The summed E-state index contributed by atoms with van der Waals surface area (Å²) in [5, 5.41) is 2.90. The van der Waals surface area contributed by atoms with Crippen molar-refractivity contribution in [1.29, 1.82) is 0 Å². The van der Waals surface area contributed by atoms with Crippen molar-refractivity contribution in [1.82, 2.24) is 15.1 Å². The standard InChI is InChI=1S/C22H23N3O4/c26-20-14-19(17-4-2-1-3-5-17)23-22(28)25(20)15-16-6-8-18(9-7-16)21(27)24-10-12-29-13-11-24/h1-9,19H,10-15H2,(H,23,28)/t19-/m1/s1. The normalized spacial score (nSPS) is 19.8. The maximum absolute atomic E-state index is 12.6. The zero-order chi connectivity index (χ0) is 20.2. The van der Waals surface area contributed by atoms with Crippen LogP contribution in [0.15, 0.2) is 54.6 Å². The fourth-order valence-electron chi connectivity index (χ4n) is 3.61. The molecule has 1 N–H and O–H groups in total. The minimum atomic E-state index is -0.399. The van der Waals surface area contributed by atoms with E-state index >= 15 is 0 Å². The van der Waals surface area contributed by atoms with E-state index in [9.17, 15) is 14.4 Å². The molecule has 4 rings (SSSR count). The van der Waals surface area contributed by atoms with Gasteiger partial charge in [0.2, 0.25) is 5.91 Å². The van der Waals surface area contributed by atoms with Crippen LogP contribution >= 0.6 is 0 Å². The minimum Gasteiger partial charge on any atom is -0.378 e. The average Bonchev–Trinajstić information content (AvgIpc) is 2.77. The van der Waals surface area contributed by atoms with Crippen LogP contribution in [0.1, 0.15) is 33.9 Å². The summed E-state index contributed by atoms with van der Waals surface area (Å²) >= 11 is 0. The number of carbonyl (C=O) groups excluding carboxylic acids is 3. The molecule has 7 heteroatoms. The highest BCUT2D eigenvalue weighted by molar-refractivity contribution is 5.97. The van der Waals surface area contributed by atoms with Crippen molar-refractivity contribution < 1.29 is 19.1 Å². The summed E-state index contributed by atoms with van der Waals surface area (Å²) in [6.45, 7) is 2.47. The molecular formula is C22H23N3O4. The lowest BCUT2D eigenvalue weighted by Gasteiger charge is -2.31. The molecule has 2 heterocycles. The van der Waals surface area contributed by atoms with Crippen molar-refractivity contribution in [2.24, 2.45) is 0 Å². The number of urea groups is 1. The molecule has 0 saturated carbocycles. The maximum atomic E-state index is 12.6. The van der Waals surface area contributed by atoms with E-state index in [1.54, 1.807) is 29.2 Å². The number of nitrogens with one attached hydrogen (secondary N) is 1. The molecule has 150 valence electrons. The highest BCUT2D eigenvalue weighted by Gasteiger charge is 2.32. The van der Waals surface area contributed by atoms with E-state index in [0.29, 0.717) is 31.9 Å². The summed E-state index contributed by atoms with van der Waals surface area (Å²) in [5.41, 5.74) is 2.30. The van der Waals surface area contributed by atoms with Gasteiger partial charge in [0.15, 0.2) is 0 Å². The van der Waals surface area contributed by atoms with Crippen LogP contribution in [-0.4, -0.2) is 53.9 Å². The Labute approximate surface area is 169 Å². The van der Waals surface area contributed by atoms with Crippen molar-refractivity contribution in [3.8, 4) is 0 Å². The van der Waals surface area contributed by atoms with E-state index in [4.69, 9.17) is 4.74 Å².